The lowest BCUT2D eigenvalue weighted by Crippen LogP contribution is -2.30. The monoisotopic (exact) mass is 319 g/mol. The Labute approximate surface area is 119 Å². The molecule has 0 bridgehead atoms. The van der Waals surface area contributed by atoms with Gasteiger partial charge in [-0.25, -0.2) is 0 Å². The van der Waals surface area contributed by atoms with Crippen molar-refractivity contribution in [1.29, 1.82) is 0 Å². The zero-order valence-electron chi connectivity index (χ0n) is 9.88. The lowest BCUT2D eigenvalue weighted by Gasteiger charge is -2.08. The average Bonchev–Trinajstić information content (AvgIpc) is 2.41. The van der Waals surface area contributed by atoms with Crippen LogP contribution in [0.5, 0.6) is 0 Å². The standard InChI is InChI=1S/C13H11BBrNO3/c15-11-6-1-2-7-12(11)16-13(17)9-4-3-5-10(8-9)14(18)19/h1-8,18-19H,(H,16,17). The summed E-state index contributed by atoms with van der Waals surface area (Å²) >= 11 is 3.34. The van der Waals surface area contributed by atoms with Crippen LogP contribution in [0.3, 0.4) is 0 Å². The van der Waals surface area contributed by atoms with E-state index >= 15 is 0 Å². The van der Waals surface area contributed by atoms with E-state index in [-0.39, 0.29) is 11.4 Å². The smallest absolute Gasteiger partial charge is 0.423 e. The Kier molecular flexibility index (Phi) is 4.37. The number of nitrogens with one attached hydrogen (secondary N) is 1. The number of hydrogen-bond acceptors (Lipinski definition) is 3. The second-order valence-electron chi connectivity index (χ2n) is 3.93. The van der Waals surface area contributed by atoms with Crippen molar-refractivity contribution in [1.82, 2.24) is 0 Å². The van der Waals surface area contributed by atoms with Crippen LogP contribution >= 0.6 is 15.9 Å². The minimum atomic E-state index is -1.59. The summed E-state index contributed by atoms with van der Waals surface area (Å²) < 4.78 is 0.779. The van der Waals surface area contributed by atoms with Gasteiger partial charge in [-0.05, 0) is 45.7 Å². The molecular weight excluding hydrogens is 309 g/mol. The molecule has 96 valence electrons. The second kappa shape index (κ2) is 6.01. The zero-order valence-corrected chi connectivity index (χ0v) is 11.5. The second-order valence-corrected chi connectivity index (χ2v) is 4.79. The molecule has 2 aromatic rings. The summed E-state index contributed by atoms with van der Waals surface area (Å²) in [6, 6.07) is 13.4. The highest BCUT2D eigenvalue weighted by Gasteiger charge is 2.14. The molecule has 0 saturated heterocycles. The molecule has 0 heterocycles. The molecule has 0 aliphatic carbocycles. The maximum Gasteiger partial charge on any atom is 0.488 e. The van der Waals surface area contributed by atoms with Crippen molar-refractivity contribution >= 4 is 40.1 Å². The number of halogens is 1. The predicted molar refractivity (Wildman–Crippen MR) is 78.4 cm³/mol. The Morgan fingerprint density at radius 2 is 1.84 bits per heavy atom. The number of carbonyl (C=O) groups excluding carboxylic acids is 1. The van der Waals surface area contributed by atoms with E-state index in [1.807, 2.05) is 18.2 Å². The molecule has 6 heteroatoms. The third kappa shape index (κ3) is 3.44. The number of hydrogen-bond donors (Lipinski definition) is 3. The number of para-hydroxylation sites is 1. The fraction of sp³-hybridized carbons (Fsp3) is 0. The molecule has 1 amide bonds. The number of amides is 1. The van der Waals surface area contributed by atoms with Gasteiger partial charge in [0.15, 0.2) is 0 Å². The Morgan fingerprint density at radius 1 is 1.11 bits per heavy atom. The fourth-order valence-electron chi connectivity index (χ4n) is 1.60. The minimum Gasteiger partial charge on any atom is -0.423 e. The van der Waals surface area contributed by atoms with E-state index in [2.05, 4.69) is 21.2 Å². The molecule has 2 rings (SSSR count). The normalized spacial score (nSPS) is 10.1. The molecule has 0 saturated carbocycles. The summed E-state index contributed by atoms with van der Waals surface area (Å²) in [5.74, 6) is -0.311. The summed E-state index contributed by atoms with van der Waals surface area (Å²) in [5, 5.41) is 20.9. The van der Waals surface area contributed by atoms with Gasteiger partial charge in [0, 0.05) is 10.0 Å². The molecule has 0 radical (unpaired) electrons. The number of carbonyl (C=O) groups is 1. The van der Waals surface area contributed by atoms with Gasteiger partial charge in [0.1, 0.15) is 0 Å². The summed E-state index contributed by atoms with van der Waals surface area (Å²) in [6.45, 7) is 0. The van der Waals surface area contributed by atoms with Gasteiger partial charge in [-0.1, -0.05) is 24.3 Å². The molecule has 0 spiro atoms. The van der Waals surface area contributed by atoms with Crippen molar-refractivity contribution in [3.8, 4) is 0 Å². The molecule has 0 aromatic heterocycles. The third-order valence-electron chi connectivity index (χ3n) is 2.57. The van der Waals surface area contributed by atoms with E-state index in [4.69, 9.17) is 10.0 Å². The van der Waals surface area contributed by atoms with Gasteiger partial charge in [-0.15, -0.1) is 0 Å². The Morgan fingerprint density at radius 3 is 2.53 bits per heavy atom. The third-order valence-corrected chi connectivity index (χ3v) is 3.26. The van der Waals surface area contributed by atoms with Gasteiger partial charge in [-0.3, -0.25) is 4.79 Å². The van der Waals surface area contributed by atoms with E-state index in [9.17, 15) is 4.79 Å². The van der Waals surface area contributed by atoms with Crippen molar-refractivity contribution in [2.24, 2.45) is 0 Å². The van der Waals surface area contributed by atoms with Crippen LogP contribution in [0.25, 0.3) is 0 Å². The highest BCUT2D eigenvalue weighted by atomic mass is 79.9. The molecule has 0 aliphatic heterocycles. The molecule has 2 aromatic carbocycles. The summed E-state index contributed by atoms with van der Waals surface area (Å²) in [5.41, 5.74) is 1.29. The van der Waals surface area contributed by atoms with Crippen LogP contribution in [-0.2, 0) is 0 Å². The number of benzene rings is 2. The van der Waals surface area contributed by atoms with Crippen molar-refractivity contribution in [3.63, 3.8) is 0 Å². The largest absolute Gasteiger partial charge is 0.488 e. The maximum atomic E-state index is 12.0. The predicted octanol–water partition coefficient (Wildman–Crippen LogP) is 1.38. The van der Waals surface area contributed by atoms with Crippen molar-refractivity contribution in [2.75, 3.05) is 5.32 Å². The molecule has 0 atom stereocenters. The van der Waals surface area contributed by atoms with Crippen LogP contribution in [0, 0.1) is 0 Å². The molecule has 4 nitrogen and oxygen atoms in total. The Bertz CT molecular complexity index is 604. The zero-order chi connectivity index (χ0) is 13.8. The summed E-state index contributed by atoms with van der Waals surface area (Å²) in [4.78, 5) is 12.0. The first-order chi connectivity index (χ1) is 9.08. The molecule has 19 heavy (non-hydrogen) atoms. The molecule has 0 aliphatic rings. The first-order valence-electron chi connectivity index (χ1n) is 5.60. The first-order valence-corrected chi connectivity index (χ1v) is 6.39. The van der Waals surface area contributed by atoms with Gasteiger partial charge in [-0.2, -0.15) is 0 Å². The maximum absolute atomic E-state index is 12.0. The fourth-order valence-corrected chi connectivity index (χ4v) is 1.98. The van der Waals surface area contributed by atoms with E-state index < -0.39 is 7.12 Å². The molecule has 0 fully saturated rings. The van der Waals surface area contributed by atoms with Gasteiger partial charge in [0.05, 0.1) is 5.69 Å². The van der Waals surface area contributed by atoms with Crippen molar-refractivity contribution < 1.29 is 14.8 Å². The Balaban J connectivity index is 2.21. The average molecular weight is 320 g/mol. The highest BCUT2D eigenvalue weighted by molar-refractivity contribution is 9.10. The topological polar surface area (TPSA) is 69.6 Å². The minimum absolute atomic E-state index is 0.278. The molecule has 3 N–H and O–H groups in total. The number of anilines is 1. The van der Waals surface area contributed by atoms with E-state index in [0.717, 1.165) is 4.47 Å². The van der Waals surface area contributed by atoms with Gasteiger partial charge in [0.25, 0.3) is 5.91 Å². The first kappa shape index (κ1) is 13.8. The Hall–Kier alpha value is -1.63. The van der Waals surface area contributed by atoms with Gasteiger partial charge >= 0.3 is 7.12 Å². The van der Waals surface area contributed by atoms with Crippen LogP contribution in [0.2, 0.25) is 0 Å². The van der Waals surface area contributed by atoms with Crippen LogP contribution in [0.1, 0.15) is 10.4 Å². The molecule has 0 unspecified atom stereocenters. The van der Waals surface area contributed by atoms with Crippen LogP contribution in [0.4, 0.5) is 5.69 Å². The van der Waals surface area contributed by atoms with E-state index in [1.165, 1.54) is 6.07 Å². The van der Waals surface area contributed by atoms with Crippen LogP contribution < -0.4 is 10.8 Å². The molecular formula is C13H11BBrNO3. The van der Waals surface area contributed by atoms with E-state index in [1.54, 1.807) is 24.3 Å². The lowest BCUT2D eigenvalue weighted by atomic mass is 9.79. The summed E-state index contributed by atoms with van der Waals surface area (Å²) in [7, 11) is -1.59. The summed E-state index contributed by atoms with van der Waals surface area (Å²) in [6.07, 6.45) is 0. The van der Waals surface area contributed by atoms with Crippen molar-refractivity contribution in [2.45, 2.75) is 0 Å². The van der Waals surface area contributed by atoms with Crippen LogP contribution in [-0.4, -0.2) is 23.1 Å². The SMILES string of the molecule is O=C(Nc1ccccc1Br)c1cccc(B(O)O)c1. The van der Waals surface area contributed by atoms with Crippen molar-refractivity contribution in [3.05, 3.63) is 58.6 Å². The van der Waals surface area contributed by atoms with Gasteiger partial charge in [0.2, 0.25) is 0 Å². The highest BCUT2D eigenvalue weighted by Crippen LogP contribution is 2.21. The van der Waals surface area contributed by atoms with E-state index in [0.29, 0.717) is 11.3 Å². The van der Waals surface area contributed by atoms with Crippen LogP contribution in [0.15, 0.2) is 53.0 Å². The quantitative estimate of drug-likeness (QED) is 0.749. The number of rotatable bonds is 3. The lowest BCUT2D eigenvalue weighted by molar-refractivity contribution is 0.102. The van der Waals surface area contributed by atoms with Gasteiger partial charge < -0.3 is 15.4 Å².